The van der Waals surface area contributed by atoms with Crippen LogP contribution < -0.4 is 0 Å². The van der Waals surface area contributed by atoms with Crippen molar-refractivity contribution in [3.63, 3.8) is 0 Å². The molecule has 9 heteroatoms. The highest BCUT2D eigenvalue weighted by Gasteiger charge is 2.21. The number of aliphatic hydroxyl groups excluding tert-OH is 5. The summed E-state index contributed by atoms with van der Waals surface area (Å²) >= 11 is 0. The van der Waals surface area contributed by atoms with E-state index < -0.39 is 5.60 Å². The van der Waals surface area contributed by atoms with E-state index in [1.807, 2.05) is 0 Å². The molecule has 9 nitrogen and oxygen atoms in total. The van der Waals surface area contributed by atoms with Gasteiger partial charge in [0, 0.05) is 39.1 Å². The zero-order chi connectivity index (χ0) is 25.3. The predicted molar refractivity (Wildman–Crippen MR) is 124 cm³/mol. The number of hydrogen-bond acceptors (Lipinski definition) is 9. The number of carbonyl (C=O) groups excluding carboxylic acids is 3. The van der Waals surface area contributed by atoms with E-state index in [1.165, 1.54) is 0 Å². The Morgan fingerprint density at radius 2 is 0.812 bits per heavy atom. The molecule has 194 valence electrons. The maximum atomic E-state index is 9.71. The molecule has 0 amide bonds. The topological polar surface area (TPSA) is 173 Å². The lowest BCUT2D eigenvalue weighted by Gasteiger charge is -2.19. The first-order valence-electron chi connectivity index (χ1n) is 11.5. The lowest BCUT2D eigenvalue weighted by atomic mass is 10.0. The SMILES string of the molecule is CCC(O)(CO)CO.O=CCCCCCO.O=CCCCCCO.O=CCCCCCO. The van der Waals surface area contributed by atoms with Gasteiger partial charge in [0.2, 0.25) is 0 Å². The summed E-state index contributed by atoms with van der Waals surface area (Å²) in [6.07, 6.45) is 13.2. The molecule has 0 aliphatic rings. The van der Waals surface area contributed by atoms with Crippen LogP contribution in [0.5, 0.6) is 0 Å². The van der Waals surface area contributed by atoms with E-state index in [0.29, 0.717) is 25.7 Å². The number of hydrogen-bond donors (Lipinski definition) is 6. The van der Waals surface area contributed by atoms with Gasteiger partial charge < -0.3 is 45.0 Å². The molecule has 32 heavy (non-hydrogen) atoms. The molecular formula is C23H48O9. The van der Waals surface area contributed by atoms with Gasteiger partial charge in [-0.1, -0.05) is 26.2 Å². The molecule has 0 aromatic heterocycles. The van der Waals surface area contributed by atoms with Gasteiger partial charge in [0.1, 0.15) is 24.5 Å². The highest BCUT2D eigenvalue weighted by molar-refractivity contribution is 5.49. The second kappa shape index (κ2) is 37.1. The smallest absolute Gasteiger partial charge is 0.119 e. The van der Waals surface area contributed by atoms with E-state index in [2.05, 4.69) is 0 Å². The number of carbonyl (C=O) groups is 3. The van der Waals surface area contributed by atoms with Crippen LogP contribution in [0, 0.1) is 0 Å². The number of unbranched alkanes of at least 4 members (excludes halogenated alkanes) is 9. The van der Waals surface area contributed by atoms with Gasteiger partial charge >= 0.3 is 0 Å². The normalized spacial score (nSPS) is 9.84. The summed E-state index contributed by atoms with van der Waals surface area (Å²) in [4.78, 5) is 29.1. The molecule has 6 N–H and O–H groups in total. The van der Waals surface area contributed by atoms with Gasteiger partial charge in [-0.3, -0.25) is 0 Å². The van der Waals surface area contributed by atoms with Crippen LogP contribution in [0.25, 0.3) is 0 Å². The van der Waals surface area contributed by atoms with Crippen molar-refractivity contribution >= 4 is 18.9 Å². The zero-order valence-electron chi connectivity index (χ0n) is 19.9. The van der Waals surface area contributed by atoms with Crippen LogP contribution in [0.2, 0.25) is 0 Å². The Bertz CT molecular complexity index is 302. The van der Waals surface area contributed by atoms with Crippen molar-refractivity contribution in [3.05, 3.63) is 0 Å². The average molecular weight is 469 g/mol. The fourth-order valence-electron chi connectivity index (χ4n) is 1.82. The number of aliphatic hydroxyl groups is 6. The van der Waals surface area contributed by atoms with Crippen LogP contribution in [-0.4, -0.2) is 88.1 Å². The van der Waals surface area contributed by atoms with Crippen molar-refractivity contribution in [1.82, 2.24) is 0 Å². The fourth-order valence-corrected chi connectivity index (χ4v) is 1.82. The first kappa shape index (κ1) is 38.1. The highest BCUT2D eigenvalue weighted by atomic mass is 16.4. The van der Waals surface area contributed by atoms with Gasteiger partial charge in [-0.05, 0) is 44.9 Å². The molecule has 0 saturated carbocycles. The third-order valence-corrected chi connectivity index (χ3v) is 4.19. The molecule has 0 aliphatic heterocycles. The minimum absolute atomic E-state index is 0.249. The van der Waals surface area contributed by atoms with E-state index >= 15 is 0 Å². The van der Waals surface area contributed by atoms with Crippen molar-refractivity contribution in [2.45, 2.75) is 96.0 Å². The van der Waals surface area contributed by atoms with E-state index in [4.69, 9.17) is 30.6 Å². The van der Waals surface area contributed by atoms with E-state index in [-0.39, 0.29) is 33.0 Å². The standard InChI is InChI=1S/3C6H12O2.C5H12O3/c3*7-5-3-1-2-4-6-8;1-2-5(8,3-6)4-7/h3*5,8H,1-4,6H2;6-8H,2-4H2,1H3. The summed E-state index contributed by atoms with van der Waals surface area (Å²) in [5, 5.41) is 50.5. The lowest BCUT2D eigenvalue weighted by Crippen LogP contribution is -2.36. The van der Waals surface area contributed by atoms with Crippen LogP contribution in [-0.2, 0) is 14.4 Å². The Balaban J connectivity index is -0.000000163. The second-order valence-electron chi connectivity index (χ2n) is 7.11. The Morgan fingerprint density at radius 3 is 0.938 bits per heavy atom. The van der Waals surface area contributed by atoms with Crippen LogP contribution >= 0.6 is 0 Å². The number of aldehydes is 3. The Kier molecular flexibility index (Phi) is 44.1. The molecular weight excluding hydrogens is 420 g/mol. The molecule has 0 heterocycles. The van der Waals surface area contributed by atoms with Crippen LogP contribution in [0.15, 0.2) is 0 Å². The van der Waals surface area contributed by atoms with Crippen molar-refractivity contribution < 1.29 is 45.0 Å². The molecule has 0 fully saturated rings. The summed E-state index contributed by atoms with van der Waals surface area (Å²) in [5.41, 5.74) is -1.26. The van der Waals surface area contributed by atoms with Crippen LogP contribution in [0.4, 0.5) is 0 Å². The third kappa shape index (κ3) is 42.8. The monoisotopic (exact) mass is 468 g/mol. The van der Waals surface area contributed by atoms with Crippen LogP contribution in [0.3, 0.4) is 0 Å². The molecule has 0 aliphatic carbocycles. The Hall–Kier alpha value is -1.23. The summed E-state index contributed by atoms with van der Waals surface area (Å²) in [6, 6.07) is 0. The summed E-state index contributed by atoms with van der Waals surface area (Å²) in [6.45, 7) is 1.70. The first-order valence-corrected chi connectivity index (χ1v) is 11.5. The van der Waals surface area contributed by atoms with Crippen molar-refractivity contribution in [1.29, 1.82) is 0 Å². The maximum Gasteiger partial charge on any atom is 0.119 e. The van der Waals surface area contributed by atoms with E-state index in [0.717, 1.165) is 76.6 Å². The van der Waals surface area contributed by atoms with Crippen LogP contribution in [0.1, 0.15) is 90.4 Å². The third-order valence-electron chi connectivity index (χ3n) is 4.19. The van der Waals surface area contributed by atoms with Gasteiger partial charge in [-0.25, -0.2) is 0 Å². The molecule has 0 unspecified atom stereocenters. The van der Waals surface area contributed by atoms with Gasteiger partial charge in [-0.15, -0.1) is 0 Å². The molecule has 0 bridgehead atoms. The van der Waals surface area contributed by atoms with Crippen molar-refractivity contribution in [2.75, 3.05) is 33.0 Å². The average Bonchev–Trinajstić information content (AvgIpc) is 2.83. The van der Waals surface area contributed by atoms with E-state index in [1.54, 1.807) is 6.92 Å². The molecule has 0 aromatic rings. The lowest BCUT2D eigenvalue weighted by molar-refractivity contribution is -0.108. The maximum absolute atomic E-state index is 9.71. The molecule has 0 atom stereocenters. The highest BCUT2D eigenvalue weighted by Crippen LogP contribution is 2.05. The zero-order valence-corrected chi connectivity index (χ0v) is 19.9. The quantitative estimate of drug-likeness (QED) is 0.128. The summed E-state index contributed by atoms with van der Waals surface area (Å²) < 4.78 is 0. The largest absolute Gasteiger partial charge is 0.396 e. The molecule has 0 spiro atoms. The van der Waals surface area contributed by atoms with Crippen molar-refractivity contribution in [3.8, 4) is 0 Å². The van der Waals surface area contributed by atoms with Gasteiger partial charge in [-0.2, -0.15) is 0 Å². The van der Waals surface area contributed by atoms with Gasteiger partial charge in [0.05, 0.1) is 13.2 Å². The molecule has 0 radical (unpaired) electrons. The van der Waals surface area contributed by atoms with Crippen molar-refractivity contribution in [2.24, 2.45) is 0 Å². The Labute approximate surface area is 193 Å². The second-order valence-corrected chi connectivity index (χ2v) is 7.11. The van der Waals surface area contributed by atoms with Gasteiger partial charge in [0.15, 0.2) is 0 Å². The molecule has 0 rings (SSSR count). The minimum atomic E-state index is -1.26. The molecule has 0 saturated heterocycles. The number of rotatable bonds is 18. The predicted octanol–water partition coefficient (Wildman–Crippen LogP) is 1.33. The minimum Gasteiger partial charge on any atom is -0.396 e. The fraction of sp³-hybridized carbons (Fsp3) is 0.870. The summed E-state index contributed by atoms with van der Waals surface area (Å²) in [5.74, 6) is 0. The Morgan fingerprint density at radius 1 is 0.531 bits per heavy atom. The summed E-state index contributed by atoms with van der Waals surface area (Å²) in [7, 11) is 0. The van der Waals surface area contributed by atoms with E-state index in [9.17, 15) is 14.4 Å². The first-order chi connectivity index (χ1) is 15.4. The molecule has 0 aromatic carbocycles. The van der Waals surface area contributed by atoms with Gasteiger partial charge in [0.25, 0.3) is 0 Å².